The number of hydrogen-bond donors (Lipinski definition) is 1. The van der Waals surface area contributed by atoms with Crippen LogP contribution in [-0.4, -0.2) is 43.0 Å². The molecule has 2 aliphatic rings. The van der Waals surface area contributed by atoms with Gasteiger partial charge in [0.25, 0.3) is 5.91 Å². The Bertz CT molecular complexity index is 614. The number of ether oxygens (including phenoxy) is 1. The number of rotatable bonds is 3. The summed E-state index contributed by atoms with van der Waals surface area (Å²) in [5, 5.41) is 2.87. The lowest BCUT2D eigenvalue weighted by molar-refractivity contribution is -0.129. The number of carbonyl (C=O) groups is 2. The molecule has 1 aromatic rings. The minimum atomic E-state index is -0.481. The van der Waals surface area contributed by atoms with Crippen molar-refractivity contribution in [1.82, 2.24) is 10.2 Å². The molecule has 1 atom stereocenters. The highest BCUT2D eigenvalue weighted by Crippen LogP contribution is 2.32. The summed E-state index contributed by atoms with van der Waals surface area (Å²) in [7, 11) is 0. The predicted octanol–water partition coefficient (Wildman–Crippen LogP) is 1.61. The van der Waals surface area contributed by atoms with Crippen molar-refractivity contribution in [2.75, 3.05) is 26.2 Å². The summed E-state index contributed by atoms with van der Waals surface area (Å²) in [4.78, 5) is 26.6. The van der Waals surface area contributed by atoms with Gasteiger partial charge in [-0.1, -0.05) is 0 Å². The van der Waals surface area contributed by atoms with Crippen molar-refractivity contribution in [2.45, 2.75) is 26.7 Å². The third-order valence-corrected chi connectivity index (χ3v) is 4.58. The molecular formula is C17H22N2O3. The molecule has 1 unspecified atom stereocenters. The molecule has 22 heavy (non-hydrogen) atoms. The molecule has 2 heterocycles. The molecule has 1 aromatic carbocycles. The highest BCUT2D eigenvalue weighted by Gasteiger charge is 2.41. The van der Waals surface area contributed by atoms with Crippen LogP contribution in [0.25, 0.3) is 0 Å². The minimum absolute atomic E-state index is 0.00252. The number of nitrogens with one attached hydrogen (secondary N) is 1. The largest absolute Gasteiger partial charge is 0.493 e. The van der Waals surface area contributed by atoms with Gasteiger partial charge in [0.05, 0.1) is 12.0 Å². The maximum absolute atomic E-state index is 12.7. The quantitative estimate of drug-likeness (QED) is 0.923. The zero-order valence-electron chi connectivity index (χ0n) is 13.1. The van der Waals surface area contributed by atoms with E-state index in [2.05, 4.69) is 5.32 Å². The fourth-order valence-corrected chi connectivity index (χ4v) is 3.20. The SMILES string of the molecule is CCNC(=O)C1(C)CCN(C(=O)c2ccc3c(c2)CCO3)C1. The van der Waals surface area contributed by atoms with Gasteiger partial charge in [-0.3, -0.25) is 9.59 Å². The van der Waals surface area contributed by atoms with Crippen molar-refractivity contribution < 1.29 is 14.3 Å². The second-order valence-corrected chi connectivity index (χ2v) is 6.32. The molecule has 2 amide bonds. The summed E-state index contributed by atoms with van der Waals surface area (Å²) in [6.45, 7) is 6.25. The van der Waals surface area contributed by atoms with E-state index in [1.807, 2.05) is 32.0 Å². The Labute approximate surface area is 130 Å². The maximum atomic E-state index is 12.7. The van der Waals surface area contributed by atoms with Crippen LogP contribution in [0.4, 0.5) is 0 Å². The van der Waals surface area contributed by atoms with Gasteiger partial charge in [0.2, 0.25) is 5.91 Å². The molecule has 5 heteroatoms. The van der Waals surface area contributed by atoms with Gasteiger partial charge in [0.1, 0.15) is 5.75 Å². The Balaban J connectivity index is 1.73. The highest BCUT2D eigenvalue weighted by atomic mass is 16.5. The lowest BCUT2D eigenvalue weighted by Crippen LogP contribution is -2.41. The molecule has 118 valence electrons. The number of hydrogen-bond acceptors (Lipinski definition) is 3. The van der Waals surface area contributed by atoms with E-state index in [1.54, 1.807) is 4.90 Å². The summed E-state index contributed by atoms with van der Waals surface area (Å²) in [6, 6.07) is 5.61. The van der Waals surface area contributed by atoms with Gasteiger partial charge in [0, 0.05) is 31.6 Å². The molecule has 0 bridgehead atoms. The summed E-state index contributed by atoms with van der Waals surface area (Å²) >= 11 is 0. The Morgan fingerprint density at radius 2 is 2.23 bits per heavy atom. The average Bonchev–Trinajstić information content (AvgIpc) is 3.13. The molecular weight excluding hydrogens is 280 g/mol. The van der Waals surface area contributed by atoms with Crippen molar-refractivity contribution in [3.05, 3.63) is 29.3 Å². The van der Waals surface area contributed by atoms with E-state index in [1.165, 1.54) is 0 Å². The van der Waals surface area contributed by atoms with Crippen LogP contribution in [0.3, 0.4) is 0 Å². The van der Waals surface area contributed by atoms with E-state index in [-0.39, 0.29) is 11.8 Å². The fraction of sp³-hybridized carbons (Fsp3) is 0.529. The van der Waals surface area contributed by atoms with Crippen LogP contribution in [0.1, 0.15) is 36.2 Å². The van der Waals surface area contributed by atoms with Crippen LogP contribution in [0.5, 0.6) is 5.75 Å². The molecule has 0 radical (unpaired) electrons. The molecule has 0 spiro atoms. The second kappa shape index (κ2) is 5.63. The smallest absolute Gasteiger partial charge is 0.253 e. The first-order valence-electron chi connectivity index (χ1n) is 7.87. The van der Waals surface area contributed by atoms with E-state index in [0.717, 1.165) is 17.7 Å². The Morgan fingerprint density at radius 3 is 3.00 bits per heavy atom. The van der Waals surface area contributed by atoms with Crippen molar-refractivity contribution in [2.24, 2.45) is 5.41 Å². The molecule has 1 fully saturated rings. The van der Waals surface area contributed by atoms with Crippen molar-refractivity contribution in [1.29, 1.82) is 0 Å². The Kier molecular flexibility index (Phi) is 3.81. The van der Waals surface area contributed by atoms with Gasteiger partial charge in [-0.05, 0) is 44.0 Å². The summed E-state index contributed by atoms with van der Waals surface area (Å²) in [6.07, 6.45) is 1.56. The van der Waals surface area contributed by atoms with Crippen LogP contribution in [0, 0.1) is 5.41 Å². The first-order valence-corrected chi connectivity index (χ1v) is 7.87. The van der Waals surface area contributed by atoms with Crippen LogP contribution >= 0.6 is 0 Å². The molecule has 0 aliphatic carbocycles. The van der Waals surface area contributed by atoms with Gasteiger partial charge >= 0.3 is 0 Å². The normalized spacial score (nSPS) is 23.1. The van der Waals surface area contributed by atoms with Crippen molar-refractivity contribution in [3.63, 3.8) is 0 Å². The summed E-state index contributed by atoms with van der Waals surface area (Å²) in [5.74, 6) is 0.917. The highest BCUT2D eigenvalue weighted by molar-refractivity contribution is 5.95. The first-order chi connectivity index (χ1) is 10.5. The van der Waals surface area contributed by atoms with E-state index in [0.29, 0.717) is 38.2 Å². The van der Waals surface area contributed by atoms with Gasteiger partial charge in [-0.2, -0.15) is 0 Å². The second-order valence-electron chi connectivity index (χ2n) is 6.32. The zero-order chi connectivity index (χ0) is 15.7. The van der Waals surface area contributed by atoms with Crippen LogP contribution in [0.2, 0.25) is 0 Å². The summed E-state index contributed by atoms with van der Waals surface area (Å²) in [5.41, 5.74) is 1.30. The van der Waals surface area contributed by atoms with E-state index in [4.69, 9.17) is 4.74 Å². The van der Waals surface area contributed by atoms with Gasteiger partial charge in [0.15, 0.2) is 0 Å². The molecule has 1 N–H and O–H groups in total. The number of fused-ring (bicyclic) bond motifs is 1. The monoisotopic (exact) mass is 302 g/mol. The van der Waals surface area contributed by atoms with E-state index in [9.17, 15) is 9.59 Å². The number of likely N-dealkylation sites (tertiary alicyclic amines) is 1. The third kappa shape index (κ3) is 2.56. The third-order valence-electron chi connectivity index (χ3n) is 4.58. The first kappa shape index (κ1) is 14.9. The number of carbonyl (C=O) groups excluding carboxylic acids is 2. The molecule has 0 aromatic heterocycles. The Hall–Kier alpha value is -2.04. The Morgan fingerprint density at radius 1 is 1.41 bits per heavy atom. The average molecular weight is 302 g/mol. The molecule has 0 saturated carbocycles. The van der Waals surface area contributed by atoms with Crippen LogP contribution < -0.4 is 10.1 Å². The fourth-order valence-electron chi connectivity index (χ4n) is 3.20. The minimum Gasteiger partial charge on any atom is -0.493 e. The van der Waals surface area contributed by atoms with E-state index >= 15 is 0 Å². The molecule has 2 aliphatic heterocycles. The standard InChI is InChI=1S/C17H22N2O3/c1-3-18-16(21)17(2)7-8-19(11-17)15(20)13-4-5-14-12(10-13)6-9-22-14/h4-5,10H,3,6-9,11H2,1-2H3,(H,18,21). The van der Waals surface area contributed by atoms with E-state index < -0.39 is 5.41 Å². The molecule has 1 saturated heterocycles. The number of nitrogens with zero attached hydrogens (tertiary/aromatic N) is 1. The summed E-state index contributed by atoms with van der Waals surface area (Å²) < 4.78 is 5.47. The topological polar surface area (TPSA) is 58.6 Å². The zero-order valence-corrected chi connectivity index (χ0v) is 13.1. The van der Waals surface area contributed by atoms with Gasteiger partial charge in [-0.15, -0.1) is 0 Å². The van der Waals surface area contributed by atoms with Crippen LogP contribution in [-0.2, 0) is 11.2 Å². The van der Waals surface area contributed by atoms with Gasteiger partial charge < -0.3 is 15.0 Å². The van der Waals surface area contributed by atoms with Crippen molar-refractivity contribution >= 4 is 11.8 Å². The van der Waals surface area contributed by atoms with Crippen LogP contribution in [0.15, 0.2) is 18.2 Å². The lowest BCUT2D eigenvalue weighted by Gasteiger charge is -2.23. The lowest BCUT2D eigenvalue weighted by atomic mass is 9.89. The molecule has 3 rings (SSSR count). The number of benzene rings is 1. The molecule has 5 nitrogen and oxygen atoms in total. The van der Waals surface area contributed by atoms with Gasteiger partial charge in [-0.25, -0.2) is 0 Å². The van der Waals surface area contributed by atoms with Crippen molar-refractivity contribution in [3.8, 4) is 5.75 Å². The maximum Gasteiger partial charge on any atom is 0.253 e. The predicted molar refractivity (Wildman–Crippen MR) is 83.0 cm³/mol. The number of amides is 2.